The molecule has 0 heterocycles. The molecule has 0 radical (unpaired) electrons. The predicted octanol–water partition coefficient (Wildman–Crippen LogP) is 3.45. The van der Waals surface area contributed by atoms with Crippen molar-refractivity contribution in [1.82, 2.24) is 0 Å². The smallest absolute Gasteiger partial charge is 0.0441 e. The van der Waals surface area contributed by atoms with E-state index in [-0.39, 0.29) is 0 Å². The first-order valence-corrected chi connectivity index (χ1v) is 4.56. The molecular weight excluding hydrogens is 193 g/mol. The van der Waals surface area contributed by atoms with Gasteiger partial charge in [0.1, 0.15) is 0 Å². The average Bonchev–Trinajstić information content (AvgIpc) is 2.01. The largest absolute Gasteiger partial charge is 0.375 e. The van der Waals surface area contributed by atoms with Crippen molar-refractivity contribution in [2.75, 3.05) is 18.5 Å². The molecule has 1 rings (SSSR count). The molecule has 0 saturated heterocycles. The van der Waals surface area contributed by atoms with Gasteiger partial charge in [0.05, 0.1) is 0 Å². The fourth-order valence-electron chi connectivity index (χ4n) is 0.942. The van der Waals surface area contributed by atoms with Gasteiger partial charge in [-0.2, -0.15) is 0 Å². The quantitative estimate of drug-likeness (QED) is 0.713. The number of anilines is 1. The van der Waals surface area contributed by atoms with Crippen LogP contribution in [0.3, 0.4) is 0 Å². The van der Waals surface area contributed by atoms with E-state index in [1.54, 1.807) is 6.07 Å². The van der Waals surface area contributed by atoms with Crippen LogP contribution < -0.4 is 4.90 Å². The van der Waals surface area contributed by atoms with Crippen LogP contribution in [0.25, 0.3) is 0 Å². The molecule has 0 unspecified atom stereocenters. The van der Waals surface area contributed by atoms with Crippen LogP contribution in [0.1, 0.15) is 6.92 Å². The molecule has 0 aliphatic heterocycles. The second-order valence-electron chi connectivity index (χ2n) is 2.64. The molecule has 1 aromatic rings. The second kappa shape index (κ2) is 4.01. The predicted molar refractivity (Wildman–Crippen MR) is 55.4 cm³/mol. The molecule has 1 nitrogen and oxygen atoms in total. The molecule has 0 aromatic heterocycles. The van der Waals surface area contributed by atoms with E-state index < -0.39 is 0 Å². The Hall–Kier alpha value is -0.400. The summed E-state index contributed by atoms with van der Waals surface area (Å²) in [5, 5.41) is 1.36. The van der Waals surface area contributed by atoms with Gasteiger partial charge in [-0.05, 0) is 25.1 Å². The third-order valence-electron chi connectivity index (χ3n) is 1.76. The molecule has 0 N–H and O–H groups in total. The number of rotatable bonds is 2. The molecule has 66 valence electrons. The van der Waals surface area contributed by atoms with Gasteiger partial charge in [-0.15, -0.1) is 0 Å². The van der Waals surface area contributed by atoms with Crippen molar-refractivity contribution < 1.29 is 0 Å². The van der Waals surface area contributed by atoms with Crippen molar-refractivity contribution in [3.63, 3.8) is 0 Å². The van der Waals surface area contributed by atoms with Gasteiger partial charge in [-0.1, -0.05) is 23.2 Å². The monoisotopic (exact) mass is 203 g/mol. The van der Waals surface area contributed by atoms with E-state index in [2.05, 4.69) is 11.8 Å². The van der Waals surface area contributed by atoms with E-state index >= 15 is 0 Å². The van der Waals surface area contributed by atoms with Crippen LogP contribution in [0.15, 0.2) is 18.2 Å². The van der Waals surface area contributed by atoms with E-state index in [0.29, 0.717) is 10.0 Å². The van der Waals surface area contributed by atoms with Gasteiger partial charge in [-0.3, -0.25) is 0 Å². The summed E-state index contributed by atoms with van der Waals surface area (Å²) in [6, 6.07) is 5.53. The molecule has 12 heavy (non-hydrogen) atoms. The molecule has 0 aliphatic rings. The molecule has 0 fully saturated rings. The minimum atomic E-state index is 0.679. The van der Waals surface area contributed by atoms with E-state index in [9.17, 15) is 0 Å². The van der Waals surface area contributed by atoms with Crippen LogP contribution in [0.2, 0.25) is 10.0 Å². The van der Waals surface area contributed by atoms with Crippen molar-refractivity contribution in [2.24, 2.45) is 0 Å². The zero-order valence-electron chi connectivity index (χ0n) is 7.14. The molecule has 0 bridgehead atoms. The number of nitrogens with zero attached hydrogens (tertiary/aromatic N) is 1. The summed E-state index contributed by atoms with van der Waals surface area (Å²) in [5.41, 5.74) is 1.05. The summed E-state index contributed by atoms with van der Waals surface area (Å²) < 4.78 is 0. The Morgan fingerprint density at radius 2 is 1.67 bits per heavy atom. The van der Waals surface area contributed by atoms with Crippen molar-refractivity contribution in [1.29, 1.82) is 0 Å². The standard InChI is InChI=1S/C9H11Cl2N/c1-3-12(2)9-5-7(10)4-8(11)6-9/h4-6H,3H2,1-2H3. The van der Waals surface area contributed by atoms with E-state index in [1.807, 2.05) is 19.2 Å². The molecule has 0 atom stereocenters. The Morgan fingerprint density at radius 1 is 1.17 bits per heavy atom. The Morgan fingerprint density at radius 3 is 2.08 bits per heavy atom. The maximum atomic E-state index is 5.84. The van der Waals surface area contributed by atoms with Crippen molar-refractivity contribution in [3.8, 4) is 0 Å². The maximum absolute atomic E-state index is 5.84. The Balaban J connectivity index is 3.00. The van der Waals surface area contributed by atoms with Crippen LogP contribution in [0.4, 0.5) is 5.69 Å². The van der Waals surface area contributed by atoms with Gasteiger partial charge in [-0.25, -0.2) is 0 Å². The van der Waals surface area contributed by atoms with Gasteiger partial charge in [0, 0.05) is 29.3 Å². The summed E-state index contributed by atoms with van der Waals surface area (Å²) in [7, 11) is 2.00. The first kappa shape index (κ1) is 9.69. The highest BCUT2D eigenvalue weighted by molar-refractivity contribution is 6.35. The zero-order chi connectivity index (χ0) is 9.14. The van der Waals surface area contributed by atoms with E-state index in [4.69, 9.17) is 23.2 Å². The Labute approximate surface area is 82.9 Å². The van der Waals surface area contributed by atoms with E-state index in [1.165, 1.54) is 0 Å². The molecule has 1 aromatic carbocycles. The van der Waals surface area contributed by atoms with Crippen LogP contribution in [-0.4, -0.2) is 13.6 Å². The van der Waals surface area contributed by atoms with Crippen LogP contribution >= 0.6 is 23.2 Å². The second-order valence-corrected chi connectivity index (χ2v) is 3.51. The summed E-state index contributed by atoms with van der Waals surface area (Å²) >= 11 is 11.7. The maximum Gasteiger partial charge on any atom is 0.0441 e. The number of hydrogen-bond donors (Lipinski definition) is 0. The highest BCUT2D eigenvalue weighted by Crippen LogP contribution is 2.24. The molecule has 0 spiro atoms. The van der Waals surface area contributed by atoms with Crippen molar-refractivity contribution in [2.45, 2.75) is 6.92 Å². The van der Waals surface area contributed by atoms with Gasteiger partial charge in [0.2, 0.25) is 0 Å². The number of hydrogen-bond acceptors (Lipinski definition) is 1. The summed E-state index contributed by atoms with van der Waals surface area (Å²) in [6.45, 7) is 3.02. The molecule has 3 heteroatoms. The highest BCUT2D eigenvalue weighted by atomic mass is 35.5. The fourth-order valence-corrected chi connectivity index (χ4v) is 1.46. The van der Waals surface area contributed by atoms with Gasteiger partial charge in [0.25, 0.3) is 0 Å². The Bertz CT molecular complexity index is 253. The van der Waals surface area contributed by atoms with Gasteiger partial charge >= 0.3 is 0 Å². The summed E-state index contributed by atoms with van der Waals surface area (Å²) in [5.74, 6) is 0. The van der Waals surface area contributed by atoms with Crippen molar-refractivity contribution in [3.05, 3.63) is 28.2 Å². The first-order valence-electron chi connectivity index (χ1n) is 3.80. The molecular formula is C9H11Cl2N. The first-order chi connectivity index (χ1) is 5.63. The normalized spacial score (nSPS) is 10.0. The lowest BCUT2D eigenvalue weighted by Crippen LogP contribution is -2.15. The lowest BCUT2D eigenvalue weighted by atomic mass is 10.3. The van der Waals surface area contributed by atoms with Crippen LogP contribution in [-0.2, 0) is 0 Å². The lowest BCUT2D eigenvalue weighted by Gasteiger charge is -2.16. The van der Waals surface area contributed by atoms with Crippen LogP contribution in [0, 0.1) is 0 Å². The summed E-state index contributed by atoms with van der Waals surface area (Å²) in [4.78, 5) is 2.08. The van der Waals surface area contributed by atoms with Crippen molar-refractivity contribution >= 4 is 28.9 Å². The summed E-state index contributed by atoms with van der Waals surface area (Å²) in [6.07, 6.45) is 0. The van der Waals surface area contributed by atoms with Gasteiger partial charge < -0.3 is 4.90 Å². The lowest BCUT2D eigenvalue weighted by molar-refractivity contribution is 0.968. The van der Waals surface area contributed by atoms with Gasteiger partial charge in [0.15, 0.2) is 0 Å². The highest BCUT2D eigenvalue weighted by Gasteiger charge is 2.00. The molecule has 0 aliphatic carbocycles. The third-order valence-corrected chi connectivity index (χ3v) is 2.20. The third kappa shape index (κ3) is 2.29. The number of benzene rings is 1. The van der Waals surface area contributed by atoms with Crippen LogP contribution in [0.5, 0.6) is 0 Å². The zero-order valence-corrected chi connectivity index (χ0v) is 8.65. The molecule has 0 amide bonds. The topological polar surface area (TPSA) is 3.24 Å². The fraction of sp³-hybridized carbons (Fsp3) is 0.333. The Kier molecular flexibility index (Phi) is 3.24. The number of halogens is 2. The van der Waals surface area contributed by atoms with E-state index in [0.717, 1.165) is 12.2 Å². The average molecular weight is 204 g/mol. The SMILES string of the molecule is CCN(C)c1cc(Cl)cc(Cl)c1. The minimum Gasteiger partial charge on any atom is -0.375 e. The molecule has 0 saturated carbocycles. The minimum absolute atomic E-state index is 0.679.